The van der Waals surface area contributed by atoms with Crippen molar-refractivity contribution in [2.75, 3.05) is 6.54 Å². The molecule has 1 rings (SSSR count). The Morgan fingerprint density at radius 3 is 2.40 bits per heavy atom. The second kappa shape index (κ2) is 7.59. The van der Waals surface area contributed by atoms with E-state index >= 15 is 0 Å². The Labute approximate surface area is 119 Å². The molecule has 110 valence electrons. The number of rotatable bonds is 6. The second-order valence-electron chi connectivity index (χ2n) is 5.06. The van der Waals surface area contributed by atoms with Gasteiger partial charge in [-0.25, -0.2) is 0 Å². The molecular formula is C14H22N4O2. The summed E-state index contributed by atoms with van der Waals surface area (Å²) in [6, 6.07) is 2.93. The number of amides is 2. The normalized spacial score (nSPS) is 13.7. The Balaban J connectivity index is 2.39. The molecule has 4 N–H and O–H groups in total. The van der Waals surface area contributed by atoms with E-state index in [9.17, 15) is 9.59 Å². The highest BCUT2D eigenvalue weighted by molar-refractivity contribution is 5.87. The highest BCUT2D eigenvalue weighted by Crippen LogP contribution is 2.09. The lowest BCUT2D eigenvalue weighted by Gasteiger charge is -2.17. The van der Waals surface area contributed by atoms with Gasteiger partial charge in [0.2, 0.25) is 11.8 Å². The van der Waals surface area contributed by atoms with E-state index in [1.54, 1.807) is 12.4 Å². The predicted molar refractivity (Wildman–Crippen MR) is 76.6 cm³/mol. The predicted octanol–water partition coefficient (Wildman–Crippen LogP) is 0.358. The van der Waals surface area contributed by atoms with Crippen LogP contribution < -0.4 is 16.4 Å². The molecule has 20 heavy (non-hydrogen) atoms. The Kier molecular flexibility index (Phi) is 6.11. The van der Waals surface area contributed by atoms with Gasteiger partial charge in [-0.15, -0.1) is 0 Å². The lowest BCUT2D eigenvalue weighted by Crippen LogP contribution is -2.47. The second-order valence-corrected chi connectivity index (χ2v) is 5.06. The van der Waals surface area contributed by atoms with Crippen LogP contribution in [0.1, 0.15) is 32.4 Å². The van der Waals surface area contributed by atoms with Gasteiger partial charge in [0, 0.05) is 12.4 Å². The minimum atomic E-state index is -0.597. The van der Waals surface area contributed by atoms with Crippen LogP contribution in [0, 0.1) is 5.92 Å². The standard InChI is InChI=1S/C14H22N4O2/c1-9(2)13(15)14(20)17-8-12(19)18-10(3)11-4-6-16-7-5-11/h4-7,9-10,13H,8,15H2,1-3H3,(H,17,20)(H,18,19)/t10-,13-/m0/s1. The first kappa shape index (κ1) is 16.1. The summed E-state index contributed by atoms with van der Waals surface area (Å²) < 4.78 is 0. The van der Waals surface area contributed by atoms with Gasteiger partial charge in [0.25, 0.3) is 0 Å². The first-order valence-corrected chi connectivity index (χ1v) is 6.64. The van der Waals surface area contributed by atoms with Crippen LogP contribution in [0.4, 0.5) is 0 Å². The number of nitrogens with one attached hydrogen (secondary N) is 2. The molecule has 0 saturated heterocycles. The van der Waals surface area contributed by atoms with Crippen molar-refractivity contribution in [1.82, 2.24) is 15.6 Å². The average Bonchev–Trinajstić information content (AvgIpc) is 2.44. The number of hydrogen-bond donors (Lipinski definition) is 3. The first-order chi connectivity index (χ1) is 9.41. The smallest absolute Gasteiger partial charge is 0.239 e. The minimum absolute atomic E-state index is 0.0359. The molecule has 0 radical (unpaired) electrons. The molecule has 0 unspecified atom stereocenters. The summed E-state index contributed by atoms with van der Waals surface area (Å²) in [5.74, 6) is -0.529. The van der Waals surface area contributed by atoms with E-state index in [2.05, 4.69) is 15.6 Å². The van der Waals surface area contributed by atoms with E-state index in [-0.39, 0.29) is 30.3 Å². The van der Waals surface area contributed by atoms with Crippen molar-refractivity contribution < 1.29 is 9.59 Å². The Morgan fingerprint density at radius 1 is 1.25 bits per heavy atom. The zero-order valence-corrected chi connectivity index (χ0v) is 12.1. The molecule has 6 nitrogen and oxygen atoms in total. The zero-order valence-electron chi connectivity index (χ0n) is 12.1. The third-order valence-corrected chi connectivity index (χ3v) is 3.03. The van der Waals surface area contributed by atoms with Gasteiger partial charge < -0.3 is 16.4 Å². The summed E-state index contributed by atoms with van der Waals surface area (Å²) in [6.45, 7) is 5.51. The molecule has 0 saturated carbocycles. The van der Waals surface area contributed by atoms with Gasteiger partial charge in [0.05, 0.1) is 18.6 Å². The van der Waals surface area contributed by atoms with Crippen molar-refractivity contribution in [1.29, 1.82) is 0 Å². The fourth-order valence-corrected chi connectivity index (χ4v) is 1.62. The van der Waals surface area contributed by atoms with Crippen molar-refractivity contribution in [3.63, 3.8) is 0 Å². The number of carbonyl (C=O) groups is 2. The number of aromatic nitrogens is 1. The Hall–Kier alpha value is -1.95. The summed E-state index contributed by atoms with van der Waals surface area (Å²) >= 11 is 0. The van der Waals surface area contributed by atoms with Gasteiger partial charge in [-0.05, 0) is 30.5 Å². The van der Waals surface area contributed by atoms with Crippen molar-refractivity contribution in [2.24, 2.45) is 11.7 Å². The number of nitrogens with zero attached hydrogens (tertiary/aromatic N) is 1. The summed E-state index contributed by atoms with van der Waals surface area (Å²) in [6.07, 6.45) is 3.34. The fourth-order valence-electron chi connectivity index (χ4n) is 1.62. The van der Waals surface area contributed by atoms with Crippen LogP contribution in [0.25, 0.3) is 0 Å². The van der Waals surface area contributed by atoms with E-state index in [0.717, 1.165) is 5.56 Å². The quantitative estimate of drug-likeness (QED) is 0.700. The number of pyridine rings is 1. The summed E-state index contributed by atoms with van der Waals surface area (Å²) in [5.41, 5.74) is 6.64. The van der Waals surface area contributed by atoms with Gasteiger partial charge in [-0.2, -0.15) is 0 Å². The molecule has 1 heterocycles. The van der Waals surface area contributed by atoms with Crippen LogP contribution in [0.2, 0.25) is 0 Å². The first-order valence-electron chi connectivity index (χ1n) is 6.64. The maximum Gasteiger partial charge on any atom is 0.239 e. The molecule has 0 aliphatic rings. The molecule has 0 aliphatic carbocycles. The van der Waals surface area contributed by atoms with Gasteiger partial charge in [-0.3, -0.25) is 14.6 Å². The van der Waals surface area contributed by atoms with Gasteiger partial charge in [0.15, 0.2) is 0 Å². The van der Waals surface area contributed by atoms with Crippen LogP contribution in [-0.2, 0) is 9.59 Å². The fraction of sp³-hybridized carbons (Fsp3) is 0.500. The van der Waals surface area contributed by atoms with Crippen LogP contribution in [-0.4, -0.2) is 29.4 Å². The van der Waals surface area contributed by atoms with Crippen LogP contribution >= 0.6 is 0 Å². The summed E-state index contributed by atoms with van der Waals surface area (Å²) in [7, 11) is 0. The Bertz CT molecular complexity index is 448. The largest absolute Gasteiger partial charge is 0.348 e. The highest BCUT2D eigenvalue weighted by atomic mass is 16.2. The maximum absolute atomic E-state index is 11.7. The summed E-state index contributed by atoms with van der Waals surface area (Å²) in [4.78, 5) is 27.3. The molecular weight excluding hydrogens is 256 g/mol. The minimum Gasteiger partial charge on any atom is -0.348 e. The maximum atomic E-state index is 11.7. The molecule has 1 aromatic rings. The third-order valence-electron chi connectivity index (χ3n) is 3.03. The van der Waals surface area contributed by atoms with Crippen LogP contribution in [0.5, 0.6) is 0 Å². The SMILES string of the molecule is CC(C)[C@H](N)C(=O)NCC(=O)N[C@@H](C)c1ccncc1. The highest BCUT2D eigenvalue weighted by Gasteiger charge is 2.18. The topological polar surface area (TPSA) is 97.1 Å². The average molecular weight is 278 g/mol. The molecule has 2 atom stereocenters. The summed E-state index contributed by atoms with van der Waals surface area (Å²) in [5, 5.41) is 5.33. The van der Waals surface area contributed by atoms with Crippen LogP contribution in [0.3, 0.4) is 0 Å². The molecule has 6 heteroatoms. The molecule has 2 amide bonds. The monoisotopic (exact) mass is 278 g/mol. The molecule has 0 spiro atoms. The molecule has 0 aromatic carbocycles. The lowest BCUT2D eigenvalue weighted by atomic mass is 10.1. The van der Waals surface area contributed by atoms with Crippen LogP contribution in [0.15, 0.2) is 24.5 Å². The third kappa shape index (κ3) is 4.97. The molecule has 0 fully saturated rings. The van der Waals surface area contributed by atoms with Gasteiger partial charge in [0.1, 0.15) is 0 Å². The van der Waals surface area contributed by atoms with E-state index in [1.807, 2.05) is 32.9 Å². The van der Waals surface area contributed by atoms with Crippen molar-refractivity contribution in [3.8, 4) is 0 Å². The van der Waals surface area contributed by atoms with Crippen molar-refractivity contribution in [2.45, 2.75) is 32.9 Å². The van der Waals surface area contributed by atoms with Gasteiger partial charge in [-0.1, -0.05) is 13.8 Å². The number of nitrogens with two attached hydrogens (primary N) is 1. The van der Waals surface area contributed by atoms with Crippen molar-refractivity contribution >= 4 is 11.8 Å². The zero-order chi connectivity index (χ0) is 15.1. The molecule has 0 aliphatic heterocycles. The van der Waals surface area contributed by atoms with E-state index in [1.165, 1.54) is 0 Å². The van der Waals surface area contributed by atoms with E-state index in [0.29, 0.717) is 0 Å². The Morgan fingerprint density at radius 2 is 1.85 bits per heavy atom. The number of hydrogen-bond acceptors (Lipinski definition) is 4. The van der Waals surface area contributed by atoms with Crippen molar-refractivity contribution in [3.05, 3.63) is 30.1 Å². The van der Waals surface area contributed by atoms with E-state index in [4.69, 9.17) is 5.73 Å². The van der Waals surface area contributed by atoms with Gasteiger partial charge >= 0.3 is 0 Å². The lowest BCUT2D eigenvalue weighted by molar-refractivity contribution is -0.127. The van der Waals surface area contributed by atoms with E-state index < -0.39 is 6.04 Å². The molecule has 1 aromatic heterocycles. The number of carbonyl (C=O) groups excluding carboxylic acids is 2. The molecule has 0 bridgehead atoms.